The summed E-state index contributed by atoms with van der Waals surface area (Å²) in [6, 6.07) is 17.2. The van der Waals surface area contributed by atoms with Gasteiger partial charge in [0.1, 0.15) is 5.82 Å². The van der Waals surface area contributed by atoms with E-state index in [0.29, 0.717) is 46.4 Å². The van der Waals surface area contributed by atoms with Crippen molar-refractivity contribution in [1.82, 2.24) is 25.5 Å². The van der Waals surface area contributed by atoms with Crippen LogP contribution in [0.3, 0.4) is 0 Å². The van der Waals surface area contributed by atoms with E-state index in [2.05, 4.69) is 25.5 Å². The highest BCUT2D eigenvalue weighted by Gasteiger charge is 2.27. The van der Waals surface area contributed by atoms with E-state index < -0.39 is 0 Å². The standard InChI is InChI=1S/C26H27N5O3S/c32-23(14-15-35-16-22-28-21-9-5-4-8-20(21)24(33)29-22)27-19-12-10-18(11-13-19)26-31-30-25(34-26)17-6-2-1-3-7-17/h1-9,18-19H,10-16H2,(H,27,32)(H,28,29,33)/t18-,19-. The zero-order valence-corrected chi connectivity index (χ0v) is 20.1. The molecule has 1 amide bonds. The lowest BCUT2D eigenvalue weighted by Crippen LogP contribution is -2.37. The van der Waals surface area contributed by atoms with E-state index in [0.717, 1.165) is 31.2 Å². The third-order valence-corrected chi connectivity index (χ3v) is 7.25. The summed E-state index contributed by atoms with van der Waals surface area (Å²) in [7, 11) is 0. The number of benzene rings is 2. The van der Waals surface area contributed by atoms with Crippen molar-refractivity contribution in [3.05, 3.63) is 76.7 Å². The van der Waals surface area contributed by atoms with Crippen molar-refractivity contribution in [2.75, 3.05) is 5.75 Å². The molecule has 35 heavy (non-hydrogen) atoms. The molecule has 0 unspecified atom stereocenters. The molecule has 0 atom stereocenters. The molecule has 0 saturated heterocycles. The quantitative estimate of drug-likeness (QED) is 0.352. The lowest BCUT2D eigenvalue weighted by Gasteiger charge is -2.27. The minimum atomic E-state index is -0.128. The predicted octanol–water partition coefficient (Wildman–Crippen LogP) is 4.44. The normalized spacial score (nSPS) is 17.9. The van der Waals surface area contributed by atoms with Gasteiger partial charge in [-0.3, -0.25) is 9.59 Å². The first kappa shape index (κ1) is 23.3. The van der Waals surface area contributed by atoms with Gasteiger partial charge in [0, 0.05) is 29.7 Å². The fourth-order valence-corrected chi connectivity index (χ4v) is 5.22. The highest BCUT2D eigenvalue weighted by atomic mass is 32.2. The molecule has 1 fully saturated rings. The van der Waals surface area contributed by atoms with Crippen molar-refractivity contribution in [2.45, 2.75) is 49.8 Å². The Labute approximate surface area is 207 Å². The third-order valence-electron chi connectivity index (χ3n) is 6.28. The number of amides is 1. The molecule has 180 valence electrons. The highest BCUT2D eigenvalue weighted by Crippen LogP contribution is 2.33. The van der Waals surface area contributed by atoms with Gasteiger partial charge in [-0.1, -0.05) is 30.3 Å². The summed E-state index contributed by atoms with van der Waals surface area (Å²) in [5.74, 6) is 3.40. The number of aromatic nitrogens is 4. The number of carbonyl (C=O) groups excluding carboxylic acids is 1. The van der Waals surface area contributed by atoms with Gasteiger partial charge in [-0.05, 0) is 49.9 Å². The van der Waals surface area contributed by atoms with Gasteiger partial charge in [0.2, 0.25) is 17.7 Å². The molecule has 2 aromatic carbocycles. The molecule has 4 aromatic rings. The Morgan fingerprint density at radius 2 is 1.80 bits per heavy atom. The third kappa shape index (κ3) is 5.79. The smallest absolute Gasteiger partial charge is 0.258 e. The number of nitrogens with one attached hydrogen (secondary N) is 2. The Morgan fingerprint density at radius 3 is 2.63 bits per heavy atom. The number of rotatable bonds is 8. The topological polar surface area (TPSA) is 114 Å². The molecular formula is C26H27N5O3S. The number of hydrogen-bond donors (Lipinski definition) is 2. The van der Waals surface area contributed by atoms with Crippen LogP contribution in [0, 0.1) is 0 Å². The number of fused-ring (bicyclic) bond motifs is 1. The van der Waals surface area contributed by atoms with Crippen molar-refractivity contribution < 1.29 is 9.21 Å². The molecule has 2 aromatic heterocycles. The largest absolute Gasteiger partial charge is 0.420 e. The van der Waals surface area contributed by atoms with Crippen molar-refractivity contribution in [3.63, 3.8) is 0 Å². The van der Waals surface area contributed by atoms with E-state index in [1.54, 1.807) is 17.8 Å². The van der Waals surface area contributed by atoms with Gasteiger partial charge in [0.05, 0.1) is 16.7 Å². The molecular weight excluding hydrogens is 462 g/mol. The number of hydrogen-bond acceptors (Lipinski definition) is 7. The molecule has 2 heterocycles. The maximum absolute atomic E-state index is 12.4. The summed E-state index contributed by atoms with van der Waals surface area (Å²) in [6.45, 7) is 0. The molecule has 1 aliphatic rings. The lowest BCUT2D eigenvalue weighted by molar-refractivity contribution is -0.121. The van der Waals surface area contributed by atoms with Crippen molar-refractivity contribution in [3.8, 4) is 11.5 Å². The van der Waals surface area contributed by atoms with Crippen LogP contribution >= 0.6 is 11.8 Å². The summed E-state index contributed by atoms with van der Waals surface area (Å²) in [4.78, 5) is 31.9. The molecule has 1 saturated carbocycles. The molecule has 0 aliphatic heterocycles. The van der Waals surface area contributed by atoms with Gasteiger partial charge in [-0.2, -0.15) is 11.8 Å². The number of aromatic amines is 1. The van der Waals surface area contributed by atoms with Crippen molar-refractivity contribution in [2.24, 2.45) is 0 Å². The molecule has 8 nitrogen and oxygen atoms in total. The second-order valence-electron chi connectivity index (χ2n) is 8.76. The van der Waals surface area contributed by atoms with Crippen LogP contribution in [0.5, 0.6) is 0 Å². The minimum Gasteiger partial charge on any atom is -0.420 e. The fourth-order valence-electron chi connectivity index (χ4n) is 4.42. The summed E-state index contributed by atoms with van der Waals surface area (Å²) >= 11 is 1.59. The zero-order valence-electron chi connectivity index (χ0n) is 19.3. The first-order chi connectivity index (χ1) is 17.2. The van der Waals surface area contributed by atoms with Crippen LogP contribution in [0.25, 0.3) is 22.4 Å². The molecule has 0 radical (unpaired) electrons. The summed E-state index contributed by atoms with van der Waals surface area (Å²) < 4.78 is 5.92. The Bertz CT molecular complexity index is 1350. The van der Waals surface area contributed by atoms with Crippen molar-refractivity contribution in [1.29, 1.82) is 0 Å². The van der Waals surface area contributed by atoms with Crippen LogP contribution in [0.1, 0.15) is 49.7 Å². The predicted molar refractivity (Wildman–Crippen MR) is 136 cm³/mol. The van der Waals surface area contributed by atoms with Crippen LogP contribution in [0.4, 0.5) is 0 Å². The van der Waals surface area contributed by atoms with Gasteiger partial charge < -0.3 is 14.7 Å². The highest BCUT2D eigenvalue weighted by molar-refractivity contribution is 7.98. The second-order valence-corrected chi connectivity index (χ2v) is 9.87. The first-order valence-corrected chi connectivity index (χ1v) is 13.0. The Morgan fingerprint density at radius 1 is 1.03 bits per heavy atom. The number of H-pyrrole nitrogens is 1. The van der Waals surface area contributed by atoms with Gasteiger partial charge in [-0.25, -0.2) is 4.98 Å². The maximum atomic E-state index is 12.4. The van der Waals surface area contributed by atoms with Gasteiger partial charge in [0.15, 0.2) is 0 Å². The van der Waals surface area contributed by atoms with Crippen LogP contribution in [-0.4, -0.2) is 37.9 Å². The number of para-hydroxylation sites is 1. The van der Waals surface area contributed by atoms with Gasteiger partial charge in [0.25, 0.3) is 5.56 Å². The van der Waals surface area contributed by atoms with Gasteiger partial charge in [-0.15, -0.1) is 10.2 Å². The van der Waals surface area contributed by atoms with Crippen molar-refractivity contribution >= 4 is 28.6 Å². The van der Waals surface area contributed by atoms with E-state index in [1.165, 1.54) is 0 Å². The Balaban J connectivity index is 1.03. The monoisotopic (exact) mass is 489 g/mol. The zero-order chi connectivity index (χ0) is 24.0. The molecule has 1 aliphatic carbocycles. The molecule has 0 spiro atoms. The fraction of sp³-hybridized carbons (Fsp3) is 0.346. The Kier molecular flexibility index (Phi) is 7.23. The SMILES string of the molecule is O=C(CCSCc1nc2ccccc2c(=O)[nH]1)N[C@H]1CC[C@H](c2nnc(-c3ccccc3)o2)CC1. The number of carbonyl (C=O) groups is 1. The van der Waals surface area contributed by atoms with Gasteiger partial charge >= 0.3 is 0 Å². The number of thioether (sulfide) groups is 1. The maximum Gasteiger partial charge on any atom is 0.258 e. The van der Waals surface area contributed by atoms with E-state index in [1.807, 2.05) is 48.5 Å². The lowest BCUT2D eigenvalue weighted by atomic mass is 9.86. The molecule has 0 bridgehead atoms. The summed E-state index contributed by atoms with van der Waals surface area (Å²) in [6.07, 6.45) is 4.06. The first-order valence-electron chi connectivity index (χ1n) is 11.9. The molecule has 5 rings (SSSR count). The van der Waals surface area contributed by atoms with Crippen LogP contribution in [-0.2, 0) is 10.5 Å². The summed E-state index contributed by atoms with van der Waals surface area (Å²) in [5.41, 5.74) is 1.49. The van der Waals surface area contributed by atoms with Crippen LogP contribution in [0.2, 0.25) is 0 Å². The van der Waals surface area contributed by atoms with Crippen LogP contribution in [0.15, 0.2) is 63.8 Å². The second kappa shape index (κ2) is 10.9. The molecule has 9 heteroatoms. The molecule has 2 N–H and O–H groups in total. The van der Waals surface area contributed by atoms with E-state index >= 15 is 0 Å². The summed E-state index contributed by atoms with van der Waals surface area (Å²) in [5, 5.41) is 12.2. The minimum absolute atomic E-state index is 0.0602. The average molecular weight is 490 g/mol. The van der Waals surface area contributed by atoms with E-state index in [-0.39, 0.29) is 23.4 Å². The van der Waals surface area contributed by atoms with E-state index in [9.17, 15) is 9.59 Å². The number of nitrogens with zero attached hydrogens (tertiary/aromatic N) is 3. The average Bonchev–Trinajstić information content (AvgIpc) is 3.38. The van der Waals surface area contributed by atoms with E-state index in [4.69, 9.17) is 4.42 Å². The Hall–Kier alpha value is -3.46. The van der Waals surface area contributed by atoms with Crippen LogP contribution < -0.4 is 10.9 Å².